The van der Waals surface area contributed by atoms with E-state index in [1.807, 2.05) is 55.4 Å². The predicted molar refractivity (Wildman–Crippen MR) is 120 cm³/mol. The number of rotatable bonds is 11. The van der Waals surface area contributed by atoms with Gasteiger partial charge >= 0.3 is 5.97 Å². The van der Waals surface area contributed by atoms with Crippen molar-refractivity contribution in [1.82, 2.24) is 5.32 Å². The van der Waals surface area contributed by atoms with Gasteiger partial charge in [-0.3, -0.25) is 9.59 Å². The summed E-state index contributed by atoms with van der Waals surface area (Å²) in [5.41, 5.74) is -1.02. The van der Waals surface area contributed by atoms with Crippen molar-refractivity contribution in [3.8, 4) is 0 Å². The van der Waals surface area contributed by atoms with Gasteiger partial charge in [0.1, 0.15) is 5.60 Å². The standard InChI is InChI=1S/C24H47NO4/c1-12-23(8,9)18(17-19(26)29-22(5,6)7)20(27)25-24(10,11)14-16-28-15-13-21(2,3)4/h18H,12-17H2,1-11H3,(H,25,27). The lowest BCUT2D eigenvalue weighted by Gasteiger charge is -2.36. The number of ether oxygens (including phenoxy) is 2. The van der Waals surface area contributed by atoms with Gasteiger partial charge in [0.15, 0.2) is 0 Å². The summed E-state index contributed by atoms with van der Waals surface area (Å²) in [5, 5.41) is 3.15. The molecule has 0 rings (SSSR count). The van der Waals surface area contributed by atoms with E-state index in [9.17, 15) is 9.59 Å². The van der Waals surface area contributed by atoms with Crippen LogP contribution in [0.1, 0.15) is 102 Å². The average molecular weight is 414 g/mol. The van der Waals surface area contributed by atoms with Gasteiger partial charge in [0.25, 0.3) is 0 Å². The van der Waals surface area contributed by atoms with Crippen LogP contribution in [0.3, 0.4) is 0 Å². The van der Waals surface area contributed by atoms with Crippen LogP contribution in [0.15, 0.2) is 0 Å². The summed E-state index contributed by atoms with van der Waals surface area (Å²) in [6.07, 6.45) is 2.60. The van der Waals surface area contributed by atoms with Crippen molar-refractivity contribution in [2.24, 2.45) is 16.7 Å². The molecule has 5 heteroatoms. The first kappa shape index (κ1) is 27.9. The van der Waals surface area contributed by atoms with E-state index >= 15 is 0 Å². The van der Waals surface area contributed by atoms with E-state index in [1.165, 1.54) is 0 Å². The molecule has 1 unspecified atom stereocenters. The van der Waals surface area contributed by atoms with E-state index in [-0.39, 0.29) is 29.1 Å². The highest BCUT2D eigenvalue weighted by Gasteiger charge is 2.38. The molecule has 0 heterocycles. The summed E-state index contributed by atoms with van der Waals surface area (Å²) in [4.78, 5) is 25.5. The fourth-order valence-corrected chi connectivity index (χ4v) is 2.81. The van der Waals surface area contributed by atoms with Crippen LogP contribution in [0.2, 0.25) is 0 Å². The third kappa shape index (κ3) is 12.9. The van der Waals surface area contributed by atoms with Crippen LogP contribution in [0.5, 0.6) is 0 Å². The van der Waals surface area contributed by atoms with Gasteiger partial charge in [-0.1, -0.05) is 48.0 Å². The molecular formula is C24H47NO4. The lowest BCUT2D eigenvalue weighted by molar-refractivity contribution is -0.159. The normalized spacial score (nSPS) is 14.4. The molecule has 172 valence electrons. The van der Waals surface area contributed by atoms with Crippen molar-refractivity contribution in [2.45, 2.75) is 113 Å². The van der Waals surface area contributed by atoms with Crippen LogP contribution in [0, 0.1) is 16.7 Å². The largest absolute Gasteiger partial charge is 0.460 e. The van der Waals surface area contributed by atoms with Gasteiger partial charge in [0, 0.05) is 18.8 Å². The topological polar surface area (TPSA) is 64.6 Å². The van der Waals surface area contributed by atoms with Gasteiger partial charge in [0.2, 0.25) is 5.91 Å². The van der Waals surface area contributed by atoms with Gasteiger partial charge in [-0.05, 0) is 58.3 Å². The maximum Gasteiger partial charge on any atom is 0.307 e. The molecule has 1 atom stereocenters. The molecule has 0 spiro atoms. The third-order valence-electron chi connectivity index (χ3n) is 5.29. The van der Waals surface area contributed by atoms with Crippen LogP contribution in [-0.4, -0.2) is 36.2 Å². The third-order valence-corrected chi connectivity index (χ3v) is 5.29. The number of amides is 1. The Kier molecular flexibility index (Phi) is 10.4. The molecule has 0 aliphatic rings. The summed E-state index contributed by atoms with van der Waals surface area (Å²) in [6, 6.07) is 0. The van der Waals surface area contributed by atoms with Crippen molar-refractivity contribution in [3.63, 3.8) is 0 Å². The summed E-state index contributed by atoms with van der Waals surface area (Å²) in [6.45, 7) is 23.5. The van der Waals surface area contributed by atoms with Crippen LogP contribution < -0.4 is 5.32 Å². The van der Waals surface area contributed by atoms with Crippen LogP contribution >= 0.6 is 0 Å². The molecule has 0 bridgehead atoms. The summed E-state index contributed by atoms with van der Waals surface area (Å²) in [7, 11) is 0. The van der Waals surface area contributed by atoms with Gasteiger partial charge in [0.05, 0.1) is 12.3 Å². The molecule has 0 fully saturated rings. The highest BCUT2D eigenvalue weighted by molar-refractivity contribution is 5.85. The molecule has 1 amide bonds. The van der Waals surface area contributed by atoms with Crippen LogP contribution in [0.25, 0.3) is 0 Å². The Morgan fingerprint density at radius 3 is 1.83 bits per heavy atom. The molecule has 0 aromatic carbocycles. The molecule has 0 saturated heterocycles. The zero-order valence-electron chi connectivity index (χ0n) is 21.0. The second-order valence-corrected chi connectivity index (χ2v) is 11.7. The second-order valence-electron chi connectivity index (χ2n) is 11.7. The molecular weight excluding hydrogens is 366 g/mol. The Hall–Kier alpha value is -1.10. The SMILES string of the molecule is CCC(C)(C)C(CC(=O)OC(C)(C)C)C(=O)NC(C)(C)CCOCCC(C)(C)C. The van der Waals surface area contributed by atoms with E-state index in [4.69, 9.17) is 9.47 Å². The van der Waals surface area contributed by atoms with E-state index in [2.05, 4.69) is 26.1 Å². The lowest BCUT2D eigenvalue weighted by Crippen LogP contribution is -2.50. The molecule has 0 aliphatic heterocycles. The Labute approximate surface area is 179 Å². The number of carbonyl (C=O) groups is 2. The van der Waals surface area contributed by atoms with Crippen molar-refractivity contribution in [1.29, 1.82) is 0 Å². The minimum absolute atomic E-state index is 0.0854. The minimum atomic E-state index is -0.557. The highest BCUT2D eigenvalue weighted by atomic mass is 16.6. The van der Waals surface area contributed by atoms with Crippen molar-refractivity contribution in [2.75, 3.05) is 13.2 Å². The summed E-state index contributed by atoms with van der Waals surface area (Å²) < 4.78 is 11.2. The zero-order valence-corrected chi connectivity index (χ0v) is 21.0. The zero-order chi connectivity index (χ0) is 23.1. The van der Waals surface area contributed by atoms with E-state index in [1.54, 1.807) is 0 Å². The van der Waals surface area contributed by atoms with Gasteiger partial charge in [-0.25, -0.2) is 0 Å². The fraction of sp³-hybridized carbons (Fsp3) is 0.917. The smallest absolute Gasteiger partial charge is 0.307 e. The molecule has 0 radical (unpaired) electrons. The first-order valence-electron chi connectivity index (χ1n) is 11.0. The minimum Gasteiger partial charge on any atom is -0.460 e. The van der Waals surface area contributed by atoms with E-state index in [0.717, 1.165) is 19.4 Å². The van der Waals surface area contributed by atoms with Gasteiger partial charge < -0.3 is 14.8 Å². The Bertz CT molecular complexity index is 524. The van der Waals surface area contributed by atoms with Crippen LogP contribution in [0.4, 0.5) is 0 Å². The summed E-state index contributed by atoms with van der Waals surface area (Å²) in [5.74, 6) is -0.867. The maximum absolute atomic E-state index is 13.1. The molecule has 0 aliphatic carbocycles. The highest BCUT2D eigenvalue weighted by Crippen LogP contribution is 2.34. The molecule has 5 nitrogen and oxygen atoms in total. The van der Waals surface area contributed by atoms with Crippen molar-refractivity contribution < 1.29 is 19.1 Å². The lowest BCUT2D eigenvalue weighted by atomic mass is 9.74. The molecule has 29 heavy (non-hydrogen) atoms. The quantitative estimate of drug-likeness (QED) is 0.358. The first-order chi connectivity index (χ1) is 12.9. The van der Waals surface area contributed by atoms with Crippen LogP contribution in [-0.2, 0) is 19.1 Å². The Balaban J connectivity index is 4.91. The molecule has 1 N–H and O–H groups in total. The fourth-order valence-electron chi connectivity index (χ4n) is 2.81. The first-order valence-corrected chi connectivity index (χ1v) is 11.0. The number of hydrogen-bond acceptors (Lipinski definition) is 4. The number of esters is 1. The number of carbonyl (C=O) groups excluding carboxylic acids is 2. The van der Waals surface area contributed by atoms with Crippen molar-refractivity contribution >= 4 is 11.9 Å². The monoisotopic (exact) mass is 413 g/mol. The summed E-state index contributed by atoms with van der Waals surface area (Å²) >= 11 is 0. The van der Waals surface area contributed by atoms with Crippen molar-refractivity contribution in [3.05, 3.63) is 0 Å². The van der Waals surface area contributed by atoms with E-state index < -0.39 is 17.1 Å². The number of nitrogens with one attached hydrogen (secondary N) is 1. The van der Waals surface area contributed by atoms with Gasteiger partial charge in [-0.15, -0.1) is 0 Å². The molecule has 0 aromatic heterocycles. The van der Waals surface area contributed by atoms with E-state index in [0.29, 0.717) is 13.0 Å². The molecule has 0 aromatic rings. The predicted octanol–water partition coefficient (Wildman–Crippen LogP) is 5.51. The molecule has 0 saturated carbocycles. The van der Waals surface area contributed by atoms with Gasteiger partial charge in [-0.2, -0.15) is 0 Å². The maximum atomic E-state index is 13.1. The second kappa shape index (κ2) is 10.8. The Morgan fingerprint density at radius 1 is 0.862 bits per heavy atom. The number of hydrogen-bond donors (Lipinski definition) is 1. The average Bonchev–Trinajstić information content (AvgIpc) is 2.48. The Morgan fingerprint density at radius 2 is 1.38 bits per heavy atom.